The van der Waals surface area contributed by atoms with Crippen molar-refractivity contribution < 1.29 is 0 Å². The summed E-state index contributed by atoms with van der Waals surface area (Å²) in [5, 5.41) is 3.47. The first kappa shape index (κ1) is 11.8. The molecule has 1 N–H and O–H groups in total. The number of hydrogen-bond donors (Lipinski definition) is 1. The van der Waals surface area contributed by atoms with Gasteiger partial charge < -0.3 is 9.88 Å². The third kappa shape index (κ3) is 1.47. The predicted octanol–water partition coefficient (Wildman–Crippen LogP) is 2.76. The molecule has 0 saturated heterocycles. The number of nitrogens with one attached hydrogen (secondary N) is 1. The number of nitrogens with zero attached hydrogens (tertiary/aromatic N) is 2. The largest absolute Gasteiger partial charge is 0.330 e. The van der Waals surface area contributed by atoms with Crippen LogP contribution in [0.5, 0.6) is 0 Å². The zero-order valence-electron chi connectivity index (χ0n) is 12.5. The summed E-state index contributed by atoms with van der Waals surface area (Å²) in [5.74, 6) is 4.33. The standard InChI is InChI=1S/C17H25N3/c1-11-16(19-15-10-18-2-3-20(11)15)17-7-12-4-13(8-17)6-14(5-12)9-17/h12-14,18H,2-10H2,1H3. The highest BCUT2D eigenvalue weighted by Gasteiger charge is 2.53. The Balaban J connectivity index is 1.61. The van der Waals surface area contributed by atoms with Gasteiger partial charge in [0.1, 0.15) is 5.82 Å². The molecule has 20 heavy (non-hydrogen) atoms. The minimum atomic E-state index is 0.461. The molecule has 6 rings (SSSR count). The van der Waals surface area contributed by atoms with Gasteiger partial charge in [-0.15, -0.1) is 0 Å². The lowest BCUT2D eigenvalue weighted by atomic mass is 9.48. The maximum atomic E-state index is 5.14. The maximum Gasteiger partial charge on any atom is 0.123 e. The minimum Gasteiger partial charge on any atom is -0.330 e. The van der Waals surface area contributed by atoms with Crippen LogP contribution < -0.4 is 5.32 Å². The molecule has 4 aliphatic carbocycles. The quantitative estimate of drug-likeness (QED) is 0.851. The Labute approximate surface area is 121 Å². The second-order valence-corrected chi connectivity index (χ2v) is 7.99. The fourth-order valence-corrected chi connectivity index (χ4v) is 6.32. The van der Waals surface area contributed by atoms with Crippen LogP contribution in [0.2, 0.25) is 0 Å². The zero-order valence-corrected chi connectivity index (χ0v) is 12.5. The van der Waals surface area contributed by atoms with Crippen molar-refractivity contribution >= 4 is 0 Å². The lowest BCUT2D eigenvalue weighted by molar-refractivity contribution is -0.00740. The molecule has 3 nitrogen and oxygen atoms in total. The van der Waals surface area contributed by atoms with E-state index in [2.05, 4.69) is 16.8 Å². The fourth-order valence-electron chi connectivity index (χ4n) is 6.32. The van der Waals surface area contributed by atoms with Crippen molar-refractivity contribution in [2.45, 2.75) is 64.0 Å². The van der Waals surface area contributed by atoms with Crippen LogP contribution >= 0.6 is 0 Å². The molecule has 2 heterocycles. The molecule has 0 radical (unpaired) electrons. The summed E-state index contributed by atoms with van der Waals surface area (Å²) in [6, 6.07) is 0. The first-order valence-electron chi connectivity index (χ1n) is 8.51. The number of hydrogen-bond acceptors (Lipinski definition) is 2. The Hall–Kier alpha value is -0.830. The van der Waals surface area contributed by atoms with E-state index in [1.165, 1.54) is 55.7 Å². The molecule has 1 aromatic rings. The molecule has 1 aliphatic heterocycles. The Kier molecular flexibility index (Phi) is 2.29. The summed E-state index contributed by atoms with van der Waals surface area (Å²) in [5.41, 5.74) is 3.45. The van der Waals surface area contributed by atoms with Gasteiger partial charge in [0.05, 0.1) is 12.2 Å². The van der Waals surface area contributed by atoms with Gasteiger partial charge in [-0.25, -0.2) is 4.98 Å². The summed E-state index contributed by atoms with van der Waals surface area (Å²) < 4.78 is 2.49. The van der Waals surface area contributed by atoms with Crippen LogP contribution in [0.4, 0.5) is 0 Å². The molecule has 108 valence electrons. The molecule has 5 aliphatic rings. The Bertz CT molecular complexity index is 522. The van der Waals surface area contributed by atoms with Gasteiger partial charge >= 0.3 is 0 Å². The van der Waals surface area contributed by atoms with E-state index in [0.29, 0.717) is 5.41 Å². The van der Waals surface area contributed by atoms with Crippen LogP contribution in [0.3, 0.4) is 0 Å². The smallest absolute Gasteiger partial charge is 0.123 e. The molecule has 0 spiro atoms. The second-order valence-electron chi connectivity index (χ2n) is 7.99. The van der Waals surface area contributed by atoms with Crippen molar-refractivity contribution in [1.82, 2.24) is 14.9 Å². The number of rotatable bonds is 1. The van der Waals surface area contributed by atoms with Gasteiger partial charge in [0.15, 0.2) is 0 Å². The molecule has 0 aromatic carbocycles. The monoisotopic (exact) mass is 271 g/mol. The van der Waals surface area contributed by atoms with Crippen molar-refractivity contribution in [2.75, 3.05) is 6.54 Å². The van der Waals surface area contributed by atoms with E-state index >= 15 is 0 Å². The highest BCUT2D eigenvalue weighted by Crippen LogP contribution is 2.60. The second kappa shape index (κ2) is 3.88. The molecule has 1 aromatic heterocycles. The lowest BCUT2D eigenvalue weighted by Crippen LogP contribution is -2.49. The van der Waals surface area contributed by atoms with Crippen LogP contribution in [-0.4, -0.2) is 16.1 Å². The summed E-state index contributed by atoms with van der Waals surface area (Å²) in [7, 11) is 0. The fraction of sp³-hybridized carbons (Fsp3) is 0.824. The van der Waals surface area contributed by atoms with E-state index in [4.69, 9.17) is 4.98 Å². The molecule has 0 atom stereocenters. The molecular weight excluding hydrogens is 246 g/mol. The van der Waals surface area contributed by atoms with E-state index in [1.54, 1.807) is 0 Å². The van der Waals surface area contributed by atoms with Gasteiger partial charge in [0.25, 0.3) is 0 Å². The molecule has 0 amide bonds. The molecular formula is C17H25N3. The zero-order chi connectivity index (χ0) is 13.3. The highest BCUT2D eigenvalue weighted by atomic mass is 15.2. The van der Waals surface area contributed by atoms with E-state index in [0.717, 1.165) is 37.4 Å². The van der Waals surface area contributed by atoms with Gasteiger partial charge in [-0.05, 0) is 63.2 Å². The topological polar surface area (TPSA) is 29.9 Å². The van der Waals surface area contributed by atoms with Crippen LogP contribution in [0.25, 0.3) is 0 Å². The molecule has 0 unspecified atom stereocenters. The number of aromatic nitrogens is 2. The van der Waals surface area contributed by atoms with E-state index in [-0.39, 0.29) is 0 Å². The minimum absolute atomic E-state index is 0.461. The first-order valence-corrected chi connectivity index (χ1v) is 8.51. The van der Waals surface area contributed by atoms with Gasteiger partial charge in [-0.1, -0.05) is 0 Å². The summed E-state index contributed by atoms with van der Waals surface area (Å²) in [6.45, 7) is 5.51. The Morgan fingerprint density at radius 1 is 1.10 bits per heavy atom. The summed E-state index contributed by atoms with van der Waals surface area (Å²) in [6.07, 6.45) is 8.87. The number of fused-ring (bicyclic) bond motifs is 1. The average Bonchev–Trinajstić information content (AvgIpc) is 2.76. The van der Waals surface area contributed by atoms with Gasteiger partial charge in [-0.2, -0.15) is 0 Å². The lowest BCUT2D eigenvalue weighted by Gasteiger charge is -2.56. The van der Waals surface area contributed by atoms with Crippen molar-refractivity contribution in [3.63, 3.8) is 0 Å². The van der Waals surface area contributed by atoms with Crippen LogP contribution in [0.15, 0.2) is 0 Å². The first-order chi connectivity index (χ1) is 9.73. The molecule has 3 heteroatoms. The highest BCUT2D eigenvalue weighted by molar-refractivity contribution is 5.29. The number of imidazole rings is 1. The van der Waals surface area contributed by atoms with Crippen molar-refractivity contribution in [2.24, 2.45) is 17.8 Å². The Morgan fingerprint density at radius 2 is 1.75 bits per heavy atom. The van der Waals surface area contributed by atoms with Gasteiger partial charge in [0.2, 0.25) is 0 Å². The van der Waals surface area contributed by atoms with Crippen molar-refractivity contribution in [1.29, 1.82) is 0 Å². The van der Waals surface area contributed by atoms with Crippen LogP contribution in [0.1, 0.15) is 55.7 Å². The third-order valence-electron chi connectivity index (χ3n) is 6.64. The van der Waals surface area contributed by atoms with Crippen LogP contribution in [-0.2, 0) is 18.5 Å². The maximum absolute atomic E-state index is 5.14. The van der Waals surface area contributed by atoms with E-state index in [9.17, 15) is 0 Å². The molecule has 4 bridgehead atoms. The normalized spacial score (nSPS) is 42.0. The molecule has 4 fully saturated rings. The van der Waals surface area contributed by atoms with Crippen LogP contribution in [0, 0.1) is 24.7 Å². The van der Waals surface area contributed by atoms with E-state index in [1.807, 2.05) is 0 Å². The van der Waals surface area contributed by atoms with E-state index < -0.39 is 0 Å². The SMILES string of the molecule is Cc1c(C23CC4CC(CC(C4)C2)C3)nc2n1CCNC2. The van der Waals surface area contributed by atoms with Gasteiger partial charge in [0, 0.05) is 24.2 Å². The summed E-state index contributed by atoms with van der Waals surface area (Å²) >= 11 is 0. The van der Waals surface area contributed by atoms with Crippen molar-refractivity contribution in [3.05, 3.63) is 17.2 Å². The van der Waals surface area contributed by atoms with Crippen molar-refractivity contribution in [3.8, 4) is 0 Å². The van der Waals surface area contributed by atoms with Gasteiger partial charge in [-0.3, -0.25) is 0 Å². The molecule has 4 saturated carbocycles. The third-order valence-corrected chi connectivity index (χ3v) is 6.64. The Morgan fingerprint density at radius 3 is 2.35 bits per heavy atom. The average molecular weight is 271 g/mol. The predicted molar refractivity (Wildman–Crippen MR) is 78.5 cm³/mol. The summed E-state index contributed by atoms with van der Waals surface area (Å²) in [4.78, 5) is 5.14.